The number of hydrogen-bond acceptors (Lipinski definition) is 2. The van der Waals surface area contributed by atoms with Gasteiger partial charge in [0.1, 0.15) is 12.6 Å². The lowest BCUT2D eigenvalue weighted by Gasteiger charge is -2.33. The summed E-state index contributed by atoms with van der Waals surface area (Å²) in [7, 11) is 2.08. The van der Waals surface area contributed by atoms with Crippen LogP contribution in [-0.2, 0) is 16.0 Å². The van der Waals surface area contributed by atoms with Crippen LogP contribution in [0.15, 0.2) is 48.5 Å². The lowest BCUT2D eigenvalue weighted by molar-refractivity contribution is -0.905. The highest BCUT2D eigenvalue weighted by Crippen LogP contribution is 2.29. The number of fused-ring (bicyclic) bond motifs is 2. The Morgan fingerprint density at radius 1 is 1.19 bits per heavy atom. The van der Waals surface area contributed by atoms with E-state index in [4.69, 9.17) is 0 Å². The number of para-hydroxylation sites is 2. The highest BCUT2D eigenvalue weighted by Gasteiger charge is 2.32. The number of aryl methyl sites for hydroxylation is 1. The second kappa shape index (κ2) is 6.92. The largest absolute Gasteiger partial charge is 0.323 e. The van der Waals surface area contributed by atoms with Gasteiger partial charge in [0, 0.05) is 12.0 Å². The number of anilines is 2. The van der Waals surface area contributed by atoms with E-state index in [-0.39, 0.29) is 18.4 Å². The monoisotopic (exact) mass is 350 g/mol. The van der Waals surface area contributed by atoms with Crippen LogP contribution in [0.3, 0.4) is 0 Å². The number of nitrogens with one attached hydrogen (secondary N) is 2. The number of likely N-dealkylation sites (N-methyl/N-ethyl adjacent to an activating group) is 1. The Balaban J connectivity index is 1.53. The molecule has 0 aromatic heterocycles. The first-order valence-electron chi connectivity index (χ1n) is 9.23. The molecule has 5 nitrogen and oxygen atoms in total. The number of quaternary nitrogens is 1. The van der Waals surface area contributed by atoms with Gasteiger partial charge in [-0.25, -0.2) is 0 Å². The molecule has 134 valence electrons. The summed E-state index contributed by atoms with van der Waals surface area (Å²) < 4.78 is 0. The van der Waals surface area contributed by atoms with Gasteiger partial charge in [0.2, 0.25) is 5.91 Å². The van der Waals surface area contributed by atoms with Crippen molar-refractivity contribution in [2.75, 3.05) is 30.4 Å². The maximum Gasteiger partial charge on any atom is 0.282 e. The van der Waals surface area contributed by atoms with Crippen LogP contribution in [0.4, 0.5) is 11.4 Å². The van der Waals surface area contributed by atoms with Crippen LogP contribution < -0.4 is 15.1 Å². The molecule has 4 rings (SSSR count). The third-order valence-corrected chi connectivity index (χ3v) is 5.47. The first-order valence-corrected chi connectivity index (χ1v) is 9.23. The first kappa shape index (κ1) is 16.8. The lowest BCUT2D eigenvalue weighted by Crippen LogP contribution is -3.10. The Morgan fingerprint density at radius 3 is 2.85 bits per heavy atom. The number of rotatable bonds is 3. The van der Waals surface area contributed by atoms with Gasteiger partial charge in [-0.05, 0) is 30.5 Å². The van der Waals surface area contributed by atoms with Crippen LogP contribution in [0.1, 0.15) is 30.0 Å². The Hall–Kier alpha value is -2.66. The van der Waals surface area contributed by atoms with Crippen LogP contribution in [-0.4, -0.2) is 32.0 Å². The molecule has 1 aliphatic carbocycles. The van der Waals surface area contributed by atoms with E-state index in [1.54, 1.807) is 4.90 Å². The predicted octanol–water partition coefficient (Wildman–Crippen LogP) is 1.56. The Labute approximate surface area is 153 Å². The van der Waals surface area contributed by atoms with E-state index in [9.17, 15) is 9.59 Å². The molecular formula is C21H24N3O2+. The summed E-state index contributed by atoms with van der Waals surface area (Å²) in [6.45, 7) is 0.463. The minimum Gasteiger partial charge on any atom is -0.323 e. The van der Waals surface area contributed by atoms with Gasteiger partial charge in [-0.15, -0.1) is 0 Å². The standard InChI is InChI=1S/C21H23N3O2/c1-23(18-12-6-8-15-7-2-3-9-16(15)18)14-21(26)24-13-20(25)22-17-10-4-5-11-19(17)24/h2-5,7,9-11,18H,6,8,12-14H2,1H3,(H,22,25)/p+1/t18-/m0/s1. The molecule has 0 bridgehead atoms. The quantitative estimate of drug-likeness (QED) is 0.883. The fraction of sp³-hybridized carbons (Fsp3) is 0.333. The third-order valence-electron chi connectivity index (χ3n) is 5.47. The van der Waals surface area contributed by atoms with Crippen molar-refractivity contribution in [1.82, 2.24) is 0 Å². The number of benzene rings is 2. The van der Waals surface area contributed by atoms with Gasteiger partial charge in [-0.1, -0.05) is 36.4 Å². The van der Waals surface area contributed by atoms with Crippen molar-refractivity contribution < 1.29 is 14.5 Å². The Kier molecular flexibility index (Phi) is 4.47. The average Bonchev–Trinajstić information content (AvgIpc) is 2.66. The van der Waals surface area contributed by atoms with Crippen molar-refractivity contribution in [3.05, 3.63) is 59.7 Å². The third kappa shape index (κ3) is 3.10. The van der Waals surface area contributed by atoms with E-state index >= 15 is 0 Å². The predicted molar refractivity (Wildman–Crippen MR) is 101 cm³/mol. The van der Waals surface area contributed by atoms with Crippen molar-refractivity contribution in [1.29, 1.82) is 0 Å². The maximum atomic E-state index is 13.0. The minimum absolute atomic E-state index is 0.00662. The van der Waals surface area contributed by atoms with Crippen LogP contribution in [0.25, 0.3) is 0 Å². The topological polar surface area (TPSA) is 53.9 Å². The lowest BCUT2D eigenvalue weighted by atomic mass is 9.87. The summed E-state index contributed by atoms with van der Waals surface area (Å²) in [5.74, 6) is -0.148. The number of amides is 2. The number of nitrogens with zero attached hydrogens (tertiary/aromatic N) is 1. The second-order valence-corrected chi connectivity index (χ2v) is 7.21. The van der Waals surface area contributed by atoms with Gasteiger partial charge in [-0.3, -0.25) is 14.5 Å². The molecule has 2 amide bonds. The summed E-state index contributed by atoms with van der Waals surface area (Å²) in [5.41, 5.74) is 4.26. The van der Waals surface area contributed by atoms with Crippen molar-refractivity contribution in [3.8, 4) is 0 Å². The van der Waals surface area contributed by atoms with Gasteiger partial charge in [0.05, 0.1) is 18.4 Å². The highest BCUT2D eigenvalue weighted by atomic mass is 16.2. The van der Waals surface area contributed by atoms with Gasteiger partial charge < -0.3 is 10.2 Å². The Morgan fingerprint density at radius 2 is 1.96 bits per heavy atom. The smallest absolute Gasteiger partial charge is 0.282 e. The summed E-state index contributed by atoms with van der Waals surface area (Å²) in [5, 5.41) is 2.83. The average molecular weight is 350 g/mol. The molecule has 0 radical (unpaired) electrons. The number of carbonyl (C=O) groups is 2. The van der Waals surface area contributed by atoms with E-state index < -0.39 is 0 Å². The van der Waals surface area contributed by atoms with Crippen molar-refractivity contribution >= 4 is 23.2 Å². The van der Waals surface area contributed by atoms with Gasteiger partial charge >= 0.3 is 0 Å². The molecule has 2 aliphatic rings. The Bertz CT molecular complexity index is 849. The molecule has 26 heavy (non-hydrogen) atoms. The fourth-order valence-electron chi connectivity index (χ4n) is 4.18. The molecule has 2 atom stereocenters. The number of hydrogen-bond donors (Lipinski definition) is 2. The van der Waals surface area contributed by atoms with E-state index in [2.05, 4.69) is 36.6 Å². The van der Waals surface area contributed by atoms with Crippen LogP contribution in [0.2, 0.25) is 0 Å². The molecule has 0 spiro atoms. The first-order chi connectivity index (χ1) is 12.6. The summed E-state index contributed by atoms with van der Waals surface area (Å²) in [6, 6.07) is 16.4. The van der Waals surface area contributed by atoms with Crippen LogP contribution in [0, 0.1) is 0 Å². The molecule has 0 saturated heterocycles. The zero-order chi connectivity index (χ0) is 18.1. The summed E-state index contributed by atoms with van der Waals surface area (Å²) in [6.07, 6.45) is 3.36. The molecule has 0 fully saturated rings. The van der Waals surface area contributed by atoms with Gasteiger partial charge in [-0.2, -0.15) is 0 Å². The fourth-order valence-corrected chi connectivity index (χ4v) is 4.18. The van der Waals surface area contributed by atoms with E-state index in [1.165, 1.54) is 16.0 Å². The molecule has 5 heteroatoms. The number of carbonyl (C=O) groups excluding carboxylic acids is 2. The molecule has 2 N–H and O–H groups in total. The molecule has 1 heterocycles. The molecular weight excluding hydrogens is 326 g/mol. The van der Waals surface area contributed by atoms with Gasteiger partial charge in [0.25, 0.3) is 5.91 Å². The normalized spacial score (nSPS) is 20.0. The van der Waals surface area contributed by atoms with Crippen LogP contribution in [0.5, 0.6) is 0 Å². The molecule has 1 unspecified atom stereocenters. The van der Waals surface area contributed by atoms with E-state index in [0.717, 1.165) is 24.9 Å². The van der Waals surface area contributed by atoms with E-state index in [1.807, 2.05) is 24.3 Å². The minimum atomic E-state index is -0.141. The summed E-state index contributed by atoms with van der Waals surface area (Å²) >= 11 is 0. The van der Waals surface area contributed by atoms with Crippen LogP contribution >= 0.6 is 0 Å². The van der Waals surface area contributed by atoms with Gasteiger partial charge in [0.15, 0.2) is 6.54 Å². The zero-order valence-electron chi connectivity index (χ0n) is 15.0. The van der Waals surface area contributed by atoms with Crippen molar-refractivity contribution in [2.45, 2.75) is 25.3 Å². The SMILES string of the molecule is C[NH+](CC(=O)N1CC(=O)Nc2ccccc21)[C@H]1CCCc2ccccc21. The van der Waals surface area contributed by atoms with E-state index in [0.29, 0.717) is 18.3 Å². The molecule has 2 aromatic rings. The molecule has 0 saturated carbocycles. The zero-order valence-corrected chi connectivity index (χ0v) is 15.0. The summed E-state index contributed by atoms with van der Waals surface area (Å²) in [4.78, 5) is 27.8. The second-order valence-electron chi connectivity index (χ2n) is 7.21. The molecule has 1 aliphatic heterocycles. The maximum absolute atomic E-state index is 13.0. The van der Waals surface area contributed by atoms with Crippen molar-refractivity contribution in [2.24, 2.45) is 0 Å². The molecule has 2 aromatic carbocycles. The highest BCUT2D eigenvalue weighted by molar-refractivity contribution is 6.10. The van der Waals surface area contributed by atoms with Crippen molar-refractivity contribution in [3.63, 3.8) is 0 Å².